The van der Waals surface area contributed by atoms with E-state index in [1.54, 1.807) is 6.20 Å². The van der Waals surface area contributed by atoms with Gasteiger partial charge in [-0.15, -0.1) is 11.3 Å². The number of aryl methyl sites for hydroxylation is 1. The lowest BCUT2D eigenvalue weighted by atomic mass is 10.2. The Balaban J connectivity index is 1.76. The van der Waals surface area contributed by atoms with E-state index in [0.717, 1.165) is 17.0 Å². The molecule has 0 atom stereocenters. The standard InChI is InChI=1S/C15H14ClF3N2O2S/c1-9-8-20-14(24-9)21-13(22)3-2-6-23-10-4-5-11(12(16)7-10)15(17,18)19/h4-5,7-8H,2-3,6H2,1H3,(H,20,21,22). The lowest BCUT2D eigenvalue weighted by molar-refractivity contribution is -0.137. The normalized spacial score (nSPS) is 11.4. The van der Waals surface area contributed by atoms with Gasteiger partial charge in [0.2, 0.25) is 5.91 Å². The van der Waals surface area contributed by atoms with Gasteiger partial charge >= 0.3 is 6.18 Å². The lowest BCUT2D eigenvalue weighted by Gasteiger charge is -2.11. The number of halogens is 4. The SMILES string of the molecule is Cc1cnc(NC(=O)CCCOc2ccc(C(F)(F)F)c(Cl)c2)s1. The summed E-state index contributed by atoms with van der Waals surface area (Å²) in [6.07, 6.45) is -2.21. The van der Waals surface area contributed by atoms with E-state index in [0.29, 0.717) is 11.6 Å². The van der Waals surface area contributed by atoms with Crippen molar-refractivity contribution in [1.82, 2.24) is 4.98 Å². The van der Waals surface area contributed by atoms with E-state index in [4.69, 9.17) is 16.3 Å². The van der Waals surface area contributed by atoms with Crippen molar-refractivity contribution in [2.24, 2.45) is 0 Å². The molecule has 1 aromatic carbocycles. The maximum absolute atomic E-state index is 12.6. The second-order valence-corrected chi connectivity index (χ2v) is 6.56. The van der Waals surface area contributed by atoms with Gasteiger partial charge in [-0.3, -0.25) is 4.79 Å². The van der Waals surface area contributed by atoms with E-state index in [1.807, 2.05) is 6.92 Å². The third kappa shape index (κ3) is 5.38. The zero-order valence-electron chi connectivity index (χ0n) is 12.6. The van der Waals surface area contributed by atoms with Crippen LogP contribution in [-0.2, 0) is 11.0 Å². The molecule has 0 bridgehead atoms. The first kappa shape index (κ1) is 18.5. The highest BCUT2D eigenvalue weighted by Gasteiger charge is 2.33. The Morgan fingerprint density at radius 2 is 2.17 bits per heavy atom. The van der Waals surface area contributed by atoms with Crippen molar-refractivity contribution >= 4 is 34.0 Å². The second-order valence-electron chi connectivity index (χ2n) is 4.92. The number of carbonyl (C=O) groups excluding carboxylic acids is 1. The smallest absolute Gasteiger partial charge is 0.417 e. The number of hydrogen-bond acceptors (Lipinski definition) is 4. The van der Waals surface area contributed by atoms with Crippen molar-refractivity contribution in [2.75, 3.05) is 11.9 Å². The first-order chi connectivity index (χ1) is 11.3. The van der Waals surface area contributed by atoms with Crippen molar-refractivity contribution in [2.45, 2.75) is 25.9 Å². The van der Waals surface area contributed by atoms with Crippen LogP contribution in [0.1, 0.15) is 23.3 Å². The predicted molar refractivity (Wildman–Crippen MR) is 86.7 cm³/mol. The summed E-state index contributed by atoms with van der Waals surface area (Å²) in [4.78, 5) is 16.7. The number of ether oxygens (including phenoxy) is 1. The number of carbonyl (C=O) groups is 1. The molecule has 2 aromatic rings. The van der Waals surface area contributed by atoms with Crippen LogP contribution in [0.25, 0.3) is 0 Å². The summed E-state index contributed by atoms with van der Waals surface area (Å²) in [5.41, 5.74) is -0.908. The topological polar surface area (TPSA) is 51.2 Å². The van der Waals surface area contributed by atoms with E-state index < -0.39 is 16.8 Å². The van der Waals surface area contributed by atoms with Gasteiger partial charge in [-0.2, -0.15) is 13.2 Å². The molecule has 0 fully saturated rings. The predicted octanol–water partition coefficient (Wildman–Crippen LogP) is 4.92. The van der Waals surface area contributed by atoms with Crippen LogP contribution < -0.4 is 10.1 Å². The molecule has 2 rings (SSSR count). The first-order valence-corrected chi connectivity index (χ1v) is 8.17. The van der Waals surface area contributed by atoms with E-state index >= 15 is 0 Å². The van der Waals surface area contributed by atoms with E-state index in [2.05, 4.69) is 10.3 Å². The zero-order valence-corrected chi connectivity index (χ0v) is 14.2. The Kier molecular flexibility index (Phi) is 6.06. The molecule has 0 aliphatic carbocycles. The van der Waals surface area contributed by atoms with Gasteiger partial charge in [0.1, 0.15) is 5.75 Å². The Bertz CT molecular complexity index is 719. The van der Waals surface area contributed by atoms with Crippen LogP contribution in [0.2, 0.25) is 5.02 Å². The van der Waals surface area contributed by atoms with Gasteiger partial charge in [0.15, 0.2) is 5.13 Å². The summed E-state index contributed by atoms with van der Waals surface area (Å²) in [6.45, 7) is 2.07. The van der Waals surface area contributed by atoms with Crippen molar-refractivity contribution in [3.05, 3.63) is 39.9 Å². The Morgan fingerprint density at radius 3 is 2.75 bits per heavy atom. The van der Waals surface area contributed by atoms with Gasteiger partial charge in [0, 0.05) is 17.5 Å². The van der Waals surface area contributed by atoms with Gasteiger partial charge in [-0.25, -0.2) is 4.98 Å². The fourth-order valence-corrected chi connectivity index (χ4v) is 2.79. The number of rotatable bonds is 6. The van der Waals surface area contributed by atoms with Crippen molar-refractivity contribution in [3.63, 3.8) is 0 Å². The minimum Gasteiger partial charge on any atom is -0.494 e. The van der Waals surface area contributed by atoms with Crippen molar-refractivity contribution in [1.29, 1.82) is 0 Å². The summed E-state index contributed by atoms with van der Waals surface area (Å²) < 4.78 is 43.1. The van der Waals surface area contributed by atoms with Crippen molar-refractivity contribution < 1.29 is 22.7 Å². The van der Waals surface area contributed by atoms with Crippen LogP contribution in [0.15, 0.2) is 24.4 Å². The Labute approximate surface area is 145 Å². The highest BCUT2D eigenvalue weighted by atomic mass is 35.5. The third-order valence-corrected chi connectivity index (χ3v) is 4.07. The van der Waals surface area contributed by atoms with Crippen LogP contribution in [0.4, 0.5) is 18.3 Å². The number of anilines is 1. The van der Waals surface area contributed by atoms with Gasteiger partial charge < -0.3 is 10.1 Å². The number of nitrogens with one attached hydrogen (secondary N) is 1. The van der Waals surface area contributed by atoms with E-state index in [-0.39, 0.29) is 24.7 Å². The van der Waals surface area contributed by atoms with Crippen LogP contribution in [0, 0.1) is 6.92 Å². The van der Waals surface area contributed by atoms with Crippen LogP contribution in [-0.4, -0.2) is 17.5 Å². The summed E-state index contributed by atoms with van der Waals surface area (Å²) >= 11 is 6.98. The number of amides is 1. The molecule has 4 nitrogen and oxygen atoms in total. The molecular formula is C15H14ClF3N2O2S. The molecule has 1 heterocycles. The molecule has 0 unspecified atom stereocenters. The number of hydrogen-bond donors (Lipinski definition) is 1. The molecule has 0 saturated carbocycles. The largest absolute Gasteiger partial charge is 0.494 e. The Hall–Kier alpha value is -1.80. The summed E-state index contributed by atoms with van der Waals surface area (Å²) in [7, 11) is 0. The average molecular weight is 379 g/mol. The van der Waals surface area contributed by atoms with Crippen LogP contribution in [0.5, 0.6) is 5.75 Å². The van der Waals surface area contributed by atoms with Crippen LogP contribution >= 0.6 is 22.9 Å². The highest BCUT2D eigenvalue weighted by Crippen LogP contribution is 2.36. The highest BCUT2D eigenvalue weighted by molar-refractivity contribution is 7.15. The molecule has 0 spiro atoms. The van der Waals surface area contributed by atoms with E-state index in [1.165, 1.54) is 17.4 Å². The average Bonchev–Trinajstić information content (AvgIpc) is 2.87. The number of aromatic nitrogens is 1. The molecule has 0 radical (unpaired) electrons. The molecule has 0 aliphatic rings. The fourth-order valence-electron chi connectivity index (χ4n) is 1.83. The monoisotopic (exact) mass is 378 g/mol. The number of thiazole rings is 1. The summed E-state index contributed by atoms with van der Waals surface area (Å²) in [5.74, 6) is 0.0300. The van der Waals surface area contributed by atoms with Crippen LogP contribution in [0.3, 0.4) is 0 Å². The molecule has 1 N–H and O–H groups in total. The molecule has 9 heteroatoms. The fraction of sp³-hybridized carbons (Fsp3) is 0.333. The van der Waals surface area contributed by atoms with E-state index in [9.17, 15) is 18.0 Å². The van der Waals surface area contributed by atoms with Crippen molar-refractivity contribution in [3.8, 4) is 5.75 Å². The number of benzene rings is 1. The third-order valence-electron chi connectivity index (χ3n) is 2.93. The maximum atomic E-state index is 12.6. The number of nitrogens with zero attached hydrogens (tertiary/aromatic N) is 1. The molecule has 24 heavy (non-hydrogen) atoms. The molecule has 0 aliphatic heterocycles. The quantitative estimate of drug-likeness (QED) is 0.726. The molecule has 1 amide bonds. The summed E-state index contributed by atoms with van der Waals surface area (Å²) in [6, 6.07) is 3.19. The number of alkyl halides is 3. The summed E-state index contributed by atoms with van der Waals surface area (Å²) in [5, 5.41) is 2.78. The second kappa shape index (κ2) is 7.85. The minimum absolute atomic E-state index is 0.187. The zero-order chi connectivity index (χ0) is 17.7. The van der Waals surface area contributed by atoms with Gasteiger partial charge in [0.25, 0.3) is 0 Å². The molecule has 130 valence electrons. The van der Waals surface area contributed by atoms with Gasteiger partial charge in [-0.1, -0.05) is 11.6 Å². The van der Waals surface area contributed by atoms with Gasteiger partial charge in [0.05, 0.1) is 17.2 Å². The Morgan fingerprint density at radius 1 is 1.42 bits per heavy atom. The first-order valence-electron chi connectivity index (χ1n) is 6.97. The maximum Gasteiger partial charge on any atom is 0.417 e. The minimum atomic E-state index is -4.50. The molecule has 1 aromatic heterocycles. The molecule has 0 saturated heterocycles. The lowest BCUT2D eigenvalue weighted by Crippen LogP contribution is -2.12. The van der Waals surface area contributed by atoms with Gasteiger partial charge in [-0.05, 0) is 31.5 Å². The molecular weight excluding hydrogens is 365 g/mol.